The van der Waals surface area contributed by atoms with E-state index in [-0.39, 0.29) is 5.97 Å². The van der Waals surface area contributed by atoms with E-state index in [9.17, 15) is 4.79 Å². The Morgan fingerprint density at radius 2 is 1.70 bits per heavy atom. The lowest BCUT2D eigenvalue weighted by molar-refractivity contribution is -0.173. The van der Waals surface area contributed by atoms with Crippen molar-refractivity contribution in [2.24, 2.45) is 0 Å². The molecule has 4 rings (SSSR count). The summed E-state index contributed by atoms with van der Waals surface area (Å²) in [5.41, 5.74) is 1.99. The van der Waals surface area contributed by atoms with Gasteiger partial charge in [-0.3, -0.25) is 0 Å². The maximum atomic E-state index is 12.3. The molecule has 3 heteroatoms. The Morgan fingerprint density at radius 1 is 1.00 bits per heavy atom. The lowest BCUT2D eigenvalue weighted by atomic mass is 9.85. The van der Waals surface area contributed by atoms with E-state index in [1.165, 1.54) is 0 Å². The second-order valence-electron chi connectivity index (χ2n) is 5.54. The van der Waals surface area contributed by atoms with Gasteiger partial charge in [0.1, 0.15) is 0 Å². The fourth-order valence-corrected chi connectivity index (χ4v) is 3.13. The van der Waals surface area contributed by atoms with Gasteiger partial charge in [0.05, 0.1) is 0 Å². The highest BCUT2D eigenvalue weighted by Crippen LogP contribution is 2.51. The van der Waals surface area contributed by atoms with E-state index in [0.717, 1.165) is 16.7 Å². The predicted molar refractivity (Wildman–Crippen MR) is 73.0 cm³/mol. The van der Waals surface area contributed by atoms with Crippen LogP contribution in [0.15, 0.2) is 54.6 Å². The molecule has 100 valence electrons. The quantitative estimate of drug-likeness (QED) is 0.744. The van der Waals surface area contributed by atoms with E-state index < -0.39 is 11.4 Å². The molecule has 1 fully saturated rings. The maximum Gasteiger partial charge on any atom is 0.341 e. The molecule has 3 nitrogen and oxygen atoms in total. The van der Waals surface area contributed by atoms with Gasteiger partial charge in [-0.1, -0.05) is 54.6 Å². The minimum absolute atomic E-state index is 0.294. The van der Waals surface area contributed by atoms with Crippen molar-refractivity contribution in [2.45, 2.75) is 24.7 Å². The van der Waals surface area contributed by atoms with E-state index in [4.69, 9.17) is 9.47 Å². The van der Waals surface area contributed by atoms with E-state index in [1.54, 1.807) is 6.92 Å². The summed E-state index contributed by atoms with van der Waals surface area (Å²) in [5.74, 6) is -1.39. The fourth-order valence-electron chi connectivity index (χ4n) is 3.13. The molecule has 2 aromatic carbocycles. The first-order valence-corrected chi connectivity index (χ1v) is 6.72. The minimum Gasteiger partial charge on any atom is -0.422 e. The monoisotopic (exact) mass is 266 g/mol. The summed E-state index contributed by atoms with van der Waals surface area (Å²) >= 11 is 0. The van der Waals surface area contributed by atoms with Crippen molar-refractivity contribution in [1.29, 1.82) is 0 Å². The second-order valence-corrected chi connectivity index (χ2v) is 5.54. The van der Waals surface area contributed by atoms with Gasteiger partial charge in [-0.05, 0) is 12.5 Å². The Kier molecular flexibility index (Phi) is 2.16. The normalized spacial score (nSPS) is 30.8. The van der Waals surface area contributed by atoms with Crippen LogP contribution in [0.5, 0.6) is 0 Å². The standard InChI is InChI=1S/C17H14O3/c1-16-11-12-7-5-6-10-14(12)17(20-16,19-15(16)18)13-8-3-2-4-9-13/h2-10H,11H2,1H3. The minimum atomic E-state index is -1.10. The Morgan fingerprint density at radius 3 is 2.50 bits per heavy atom. The van der Waals surface area contributed by atoms with Gasteiger partial charge in [0.15, 0.2) is 5.60 Å². The SMILES string of the molecule is CC12Cc3ccccc3C(c3ccccc3)(OC1=O)O2. The molecule has 2 aliphatic rings. The first-order valence-electron chi connectivity index (χ1n) is 6.72. The Bertz CT molecular complexity index is 694. The van der Waals surface area contributed by atoms with Gasteiger partial charge < -0.3 is 9.47 Å². The first-order chi connectivity index (χ1) is 9.64. The number of benzene rings is 2. The summed E-state index contributed by atoms with van der Waals surface area (Å²) in [5, 5.41) is 0. The highest BCUT2D eigenvalue weighted by Gasteiger charge is 2.61. The molecule has 0 spiro atoms. The number of hydrogen-bond acceptors (Lipinski definition) is 3. The van der Waals surface area contributed by atoms with Crippen LogP contribution in [0.4, 0.5) is 0 Å². The highest BCUT2D eigenvalue weighted by molar-refractivity contribution is 5.83. The zero-order chi connectivity index (χ0) is 13.8. The molecule has 0 aliphatic carbocycles. The number of ether oxygens (including phenoxy) is 2. The van der Waals surface area contributed by atoms with Crippen molar-refractivity contribution in [1.82, 2.24) is 0 Å². The third kappa shape index (κ3) is 1.36. The van der Waals surface area contributed by atoms with Gasteiger partial charge in [-0.15, -0.1) is 0 Å². The van der Waals surface area contributed by atoms with Crippen LogP contribution >= 0.6 is 0 Å². The third-order valence-corrected chi connectivity index (χ3v) is 4.09. The molecule has 2 heterocycles. The highest BCUT2D eigenvalue weighted by atomic mass is 16.8. The topological polar surface area (TPSA) is 35.5 Å². The van der Waals surface area contributed by atoms with Gasteiger partial charge in [0.25, 0.3) is 5.79 Å². The summed E-state index contributed by atoms with van der Waals surface area (Å²) in [6.07, 6.45) is 0.552. The molecule has 2 unspecified atom stereocenters. The molecule has 2 bridgehead atoms. The number of carbonyl (C=O) groups is 1. The smallest absolute Gasteiger partial charge is 0.341 e. The van der Waals surface area contributed by atoms with Crippen molar-refractivity contribution in [3.63, 3.8) is 0 Å². The van der Waals surface area contributed by atoms with Gasteiger partial charge in [-0.25, -0.2) is 4.79 Å². The van der Waals surface area contributed by atoms with Crippen molar-refractivity contribution in [3.8, 4) is 0 Å². The number of carbonyl (C=O) groups excluding carboxylic acids is 1. The number of esters is 1. The third-order valence-electron chi connectivity index (χ3n) is 4.09. The number of rotatable bonds is 1. The molecule has 0 aromatic heterocycles. The Labute approximate surface area is 117 Å². The zero-order valence-corrected chi connectivity index (χ0v) is 11.1. The summed E-state index contributed by atoms with van der Waals surface area (Å²) in [4.78, 5) is 12.3. The van der Waals surface area contributed by atoms with Crippen LogP contribution < -0.4 is 0 Å². The summed E-state index contributed by atoms with van der Waals surface area (Å²) in [7, 11) is 0. The molecule has 2 aliphatic heterocycles. The van der Waals surface area contributed by atoms with E-state index in [2.05, 4.69) is 0 Å². The van der Waals surface area contributed by atoms with Crippen molar-refractivity contribution < 1.29 is 14.3 Å². The van der Waals surface area contributed by atoms with Crippen LogP contribution in [0.3, 0.4) is 0 Å². The Balaban J connectivity index is 2.01. The summed E-state index contributed by atoms with van der Waals surface area (Å²) < 4.78 is 11.9. The molecular weight excluding hydrogens is 252 g/mol. The zero-order valence-electron chi connectivity index (χ0n) is 11.1. The lowest BCUT2D eigenvalue weighted by Crippen LogP contribution is -2.42. The van der Waals surface area contributed by atoms with Gasteiger partial charge in [-0.2, -0.15) is 0 Å². The van der Waals surface area contributed by atoms with E-state index in [1.807, 2.05) is 54.6 Å². The maximum absolute atomic E-state index is 12.3. The molecular formula is C17H14O3. The summed E-state index contributed by atoms with van der Waals surface area (Å²) in [6.45, 7) is 1.80. The van der Waals surface area contributed by atoms with Crippen LogP contribution in [-0.2, 0) is 26.5 Å². The van der Waals surface area contributed by atoms with Gasteiger partial charge in [0, 0.05) is 17.5 Å². The molecule has 0 saturated carbocycles. The average molecular weight is 266 g/mol. The van der Waals surface area contributed by atoms with Gasteiger partial charge >= 0.3 is 5.97 Å². The second kappa shape index (κ2) is 3.70. The first kappa shape index (κ1) is 11.7. The van der Waals surface area contributed by atoms with Crippen molar-refractivity contribution in [2.75, 3.05) is 0 Å². The summed E-state index contributed by atoms with van der Waals surface area (Å²) in [6, 6.07) is 17.6. The van der Waals surface area contributed by atoms with Gasteiger partial charge in [0.2, 0.25) is 0 Å². The van der Waals surface area contributed by atoms with Crippen molar-refractivity contribution >= 4 is 5.97 Å². The number of fused-ring (bicyclic) bond motifs is 4. The molecule has 2 aromatic rings. The van der Waals surface area contributed by atoms with Crippen molar-refractivity contribution in [3.05, 3.63) is 71.3 Å². The molecule has 0 radical (unpaired) electrons. The predicted octanol–water partition coefficient (Wildman–Crippen LogP) is 2.78. The van der Waals surface area contributed by atoms with Crippen LogP contribution in [0.25, 0.3) is 0 Å². The van der Waals surface area contributed by atoms with Crippen LogP contribution in [0.2, 0.25) is 0 Å². The lowest BCUT2D eigenvalue weighted by Gasteiger charge is -2.35. The molecule has 0 amide bonds. The van der Waals surface area contributed by atoms with E-state index >= 15 is 0 Å². The fraction of sp³-hybridized carbons (Fsp3) is 0.235. The molecule has 1 saturated heterocycles. The largest absolute Gasteiger partial charge is 0.422 e. The molecule has 2 atom stereocenters. The van der Waals surface area contributed by atoms with Crippen LogP contribution in [-0.4, -0.2) is 11.6 Å². The Hall–Kier alpha value is -2.13. The van der Waals surface area contributed by atoms with E-state index in [0.29, 0.717) is 6.42 Å². The molecule has 0 N–H and O–H groups in total. The number of hydrogen-bond donors (Lipinski definition) is 0. The van der Waals surface area contributed by atoms with Crippen LogP contribution in [0, 0.1) is 0 Å². The molecule has 20 heavy (non-hydrogen) atoms. The van der Waals surface area contributed by atoms with Crippen LogP contribution in [0.1, 0.15) is 23.6 Å². The average Bonchev–Trinajstić information content (AvgIpc) is 2.69.